The highest BCUT2D eigenvalue weighted by Crippen LogP contribution is 2.27. The number of rotatable bonds is 5. The lowest BCUT2D eigenvalue weighted by Gasteiger charge is -2.02. The zero-order valence-electron chi connectivity index (χ0n) is 10.5. The van der Waals surface area contributed by atoms with Gasteiger partial charge in [-0.2, -0.15) is 4.80 Å². The van der Waals surface area contributed by atoms with Gasteiger partial charge in [-0.25, -0.2) is 0 Å². The summed E-state index contributed by atoms with van der Waals surface area (Å²) in [6.07, 6.45) is 2.44. The molecule has 0 radical (unpaired) electrons. The van der Waals surface area contributed by atoms with Gasteiger partial charge in [0.05, 0.1) is 0 Å². The average molecular weight is 257 g/mol. The first kappa shape index (κ1) is 11.8. The second-order valence-electron chi connectivity index (χ2n) is 4.76. The lowest BCUT2D eigenvalue weighted by molar-refractivity contribution is -0.122. The summed E-state index contributed by atoms with van der Waals surface area (Å²) in [4.78, 5) is 13.0. The summed E-state index contributed by atoms with van der Waals surface area (Å²) in [6, 6.07) is 9.58. The van der Waals surface area contributed by atoms with Gasteiger partial charge in [-0.1, -0.05) is 30.3 Å². The molecule has 1 fully saturated rings. The van der Waals surface area contributed by atoms with Crippen LogP contribution in [0.3, 0.4) is 0 Å². The molecule has 98 valence electrons. The van der Waals surface area contributed by atoms with E-state index >= 15 is 0 Å². The predicted octanol–water partition coefficient (Wildman–Crippen LogP) is 0.866. The Morgan fingerprint density at radius 3 is 2.84 bits per heavy atom. The van der Waals surface area contributed by atoms with E-state index < -0.39 is 0 Å². The van der Waals surface area contributed by atoms with Crippen molar-refractivity contribution in [2.75, 3.05) is 6.54 Å². The summed E-state index contributed by atoms with van der Waals surface area (Å²) < 4.78 is 0. The number of carbonyl (C=O) groups excluding carboxylic acids is 1. The summed E-state index contributed by atoms with van der Waals surface area (Å²) in [7, 11) is 0. The van der Waals surface area contributed by atoms with E-state index in [1.807, 2.05) is 30.3 Å². The minimum atomic E-state index is -0.0658. The van der Waals surface area contributed by atoms with Gasteiger partial charge in [0.1, 0.15) is 6.54 Å². The minimum Gasteiger partial charge on any atom is -0.354 e. The molecule has 1 saturated carbocycles. The van der Waals surface area contributed by atoms with Crippen molar-refractivity contribution in [1.29, 1.82) is 0 Å². The molecule has 1 aliphatic carbocycles. The fourth-order valence-electron chi connectivity index (χ4n) is 1.78. The first-order chi connectivity index (χ1) is 9.31. The quantitative estimate of drug-likeness (QED) is 0.862. The van der Waals surface area contributed by atoms with Gasteiger partial charge in [0.2, 0.25) is 11.7 Å². The van der Waals surface area contributed by atoms with Gasteiger partial charge in [0.15, 0.2) is 0 Å². The SMILES string of the molecule is O=C(Cn1nnc(-c2ccccc2)n1)NCC1CC1. The molecule has 0 atom stereocenters. The fraction of sp³-hybridized carbons (Fsp3) is 0.385. The smallest absolute Gasteiger partial charge is 0.243 e. The molecule has 0 bridgehead atoms. The van der Waals surface area contributed by atoms with Crippen LogP contribution in [0.2, 0.25) is 0 Å². The molecular weight excluding hydrogens is 242 g/mol. The number of hydrogen-bond acceptors (Lipinski definition) is 4. The maximum absolute atomic E-state index is 11.7. The van der Waals surface area contributed by atoms with Gasteiger partial charge in [-0.3, -0.25) is 4.79 Å². The Bertz CT molecular complexity index is 561. The standard InChI is InChI=1S/C13H15N5O/c19-12(14-8-10-6-7-10)9-18-16-13(15-17-18)11-4-2-1-3-5-11/h1-5,10H,6-9H2,(H,14,19). The van der Waals surface area contributed by atoms with E-state index in [9.17, 15) is 4.79 Å². The van der Waals surface area contributed by atoms with Crippen LogP contribution in [0.25, 0.3) is 11.4 Å². The molecule has 0 unspecified atom stereocenters. The van der Waals surface area contributed by atoms with Gasteiger partial charge in [0, 0.05) is 12.1 Å². The van der Waals surface area contributed by atoms with E-state index in [0.717, 1.165) is 12.1 Å². The summed E-state index contributed by atoms with van der Waals surface area (Å²) in [5, 5.41) is 14.9. The molecule has 1 aliphatic rings. The summed E-state index contributed by atoms with van der Waals surface area (Å²) >= 11 is 0. The normalized spacial score (nSPS) is 14.3. The van der Waals surface area contributed by atoms with E-state index in [1.165, 1.54) is 17.6 Å². The zero-order chi connectivity index (χ0) is 13.1. The highest BCUT2D eigenvalue weighted by atomic mass is 16.2. The van der Waals surface area contributed by atoms with Gasteiger partial charge < -0.3 is 5.32 Å². The number of hydrogen-bond donors (Lipinski definition) is 1. The lowest BCUT2D eigenvalue weighted by atomic mass is 10.2. The number of tetrazole rings is 1. The Balaban J connectivity index is 1.59. The first-order valence-electron chi connectivity index (χ1n) is 6.41. The van der Waals surface area contributed by atoms with Crippen LogP contribution in [-0.4, -0.2) is 32.7 Å². The largest absolute Gasteiger partial charge is 0.354 e. The highest BCUT2D eigenvalue weighted by molar-refractivity contribution is 5.75. The molecule has 3 rings (SSSR count). The first-order valence-corrected chi connectivity index (χ1v) is 6.41. The maximum Gasteiger partial charge on any atom is 0.243 e. The van der Waals surface area contributed by atoms with Crippen molar-refractivity contribution in [1.82, 2.24) is 25.5 Å². The number of aromatic nitrogens is 4. The number of nitrogens with zero attached hydrogens (tertiary/aromatic N) is 4. The van der Waals surface area contributed by atoms with Crippen LogP contribution < -0.4 is 5.32 Å². The Morgan fingerprint density at radius 2 is 2.11 bits per heavy atom. The average Bonchev–Trinajstić information content (AvgIpc) is 3.16. The van der Waals surface area contributed by atoms with Crippen LogP contribution in [0, 0.1) is 5.92 Å². The summed E-state index contributed by atoms with van der Waals surface area (Å²) in [5.74, 6) is 1.15. The van der Waals surface area contributed by atoms with Crippen LogP contribution in [0.4, 0.5) is 0 Å². The van der Waals surface area contributed by atoms with Crippen molar-refractivity contribution in [3.05, 3.63) is 30.3 Å². The van der Waals surface area contributed by atoms with E-state index in [4.69, 9.17) is 0 Å². The van der Waals surface area contributed by atoms with Crippen molar-refractivity contribution >= 4 is 5.91 Å². The van der Waals surface area contributed by atoms with Crippen molar-refractivity contribution in [3.8, 4) is 11.4 Å². The highest BCUT2D eigenvalue weighted by Gasteiger charge is 2.21. The second kappa shape index (κ2) is 5.17. The molecule has 1 amide bonds. The Hall–Kier alpha value is -2.24. The van der Waals surface area contributed by atoms with E-state index in [-0.39, 0.29) is 12.5 Å². The van der Waals surface area contributed by atoms with Crippen molar-refractivity contribution in [2.24, 2.45) is 5.92 Å². The number of nitrogens with one attached hydrogen (secondary N) is 1. The predicted molar refractivity (Wildman–Crippen MR) is 69.0 cm³/mol. The maximum atomic E-state index is 11.7. The van der Waals surface area contributed by atoms with E-state index in [1.54, 1.807) is 0 Å². The van der Waals surface area contributed by atoms with Gasteiger partial charge in [-0.05, 0) is 24.0 Å². The second-order valence-corrected chi connectivity index (χ2v) is 4.76. The van der Waals surface area contributed by atoms with Crippen molar-refractivity contribution < 1.29 is 4.79 Å². The number of carbonyl (C=O) groups is 1. The third-order valence-corrected chi connectivity index (χ3v) is 3.05. The molecule has 6 nitrogen and oxygen atoms in total. The molecular formula is C13H15N5O. The van der Waals surface area contributed by atoms with Crippen LogP contribution >= 0.6 is 0 Å². The van der Waals surface area contributed by atoms with Crippen LogP contribution in [0.5, 0.6) is 0 Å². The summed E-state index contributed by atoms with van der Waals surface area (Å²) in [5.41, 5.74) is 0.895. The fourth-order valence-corrected chi connectivity index (χ4v) is 1.78. The summed E-state index contributed by atoms with van der Waals surface area (Å²) in [6.45, 7) is 0.881. The molecule has 1 heterocycles. The van der Waals surface area contributed by atoms with Crippen molar-refractivity contribution in [2.45, 2.75) is 19.4 Å². The zero-order valence-corrected chi connectivity index (χ0v) is 10.5. The molecule has 6 heteroatoms. The van der Waals surface area contributed by atoms with Gasteiger partial charge in [-0.15, -0.1) is 10.2 Å². The van der Waals surface area contributed by atoms with Gasteiger partial charge in [0.25, 0.3) is 0 Å². The van der Waals surface area contributed by atoms with Gasteiger partial charge >= 0.3 is 0 Å². The molecule has 19 heavy (non-hydrogen) atoms. The van der Waals surface area contributed by atoms with Crippen molar-refractivity contribution in [3.63, 3.8) is 0 Å². The Labute approximate surface area is 110 Å². The molecule has 1 aromatic heterocycles. The molecule has 1 N–H and O–H groups in total. The molecule has 0 spiro atoms. The van der Waals surface area contributed by atoms with Crippen LogP contribution in [-0.2, 0) is 11.3 Å². The third kappa shape index (κ3) is 3.15. The number of amides is 1. The van der Waals surface area contributed by atoms with Crippen LogP contribution in [0.15, 0.2) is 30.3 Å². The number of benzene rings is 1. The Morgan fingerprint density at radius 1 is 1.32 bits per heavy atom. The monoisotopic (exact) mass is 257 g/mol. The molecule has 0 aliphatic heterocycles. The molecule has 2 aromatic rings. The lowest BCUT2D eigenvalue weighted by Crippen LogP contribution is -2.30. The third-order valence-electron chi connectivity index (χ3n) is 3.05. The minimum absolute atomic E-state index is 0.0658. The Kier molecular flexibility index (Phi) is 3.22. The van der Waals surface area contributed by atoms with E-state index in [2.05, 4.69) is 20.7 Å². The van der Waals surface area contributed by atoms with E-state index in [0.29, 0.717) is 11.7 Å². The molecule has 1 aromatic carbocycles. The van der Waals surface area contributed by atoms with Crippen LogP contribution in [0.1, 0.15) is 12.8 Å². The topological polar surface area (TPSA) is 72.7 Å². The molecule has 0 saturated heterocycles.